The van der Waals surface area contributed by atoms with Gasteiger partial charge in [0.2, 0.25) is 15.9 Å². The average molecular weight is 460 g/mol. The molecule has 3 aromatic rings. The summed E-state index contributed by atoms with van der Waals surface area (Å²) in [6, 6.07) is 16.0. The molecule has 1 heterocycles. The summed E-state index contributed by atoms with van der Waals surface area (Å²) in [6.07, 6.45) is 0. The zero-order valence-electron chi connectivity index (χ0n) is 16.5. The van der Waals surface area contributed by atoms with Gasteiger partial charge in [0.05, 0.1) is 4.90 Å². The van der Waals surface area contributed by atoms with Crippen LogP contribution in [0.1, 0.15) is 17.7 Å². The maximum atomic E-state index is 13.1. The number of nitrogens with one attached hydrogen (secondary N) is 3. The summed E-state index contributed by atoms with van der Waals surface area (Å²) in [4.78, 5) is 31.5. The highest BCUT2D eigenvalue weighted by atomic mass is 32.2. The molecule has 0 fully saturated rings. The number of H-pyrrole nitrogens is 1. The Morgan fingerprint density at radius 3 is 2.45 bits per heavy atom. The van der Waals surface area contributed by atoms with E-state index in [-0.39, 0.29) is 28.3 Å². The number of nitrogen functional groups attached to an aromatic ring is 1. The molecule has 9 nitrogen and oxygen atoms in total. The molecule has 1 atom stereocenters. The first kappa shape index (κ1) is 22.5. The SMILES string of the molecule is CCNS(=O)(=O)c1ccc(NC(=O)C(Sc2nc(N)cc(=O)[nH]2)c2ccccc2)cc1. The molecule has 2 aromatic carbocycles. The second-order valence-corrected chi connectivity index (χ2v) is 9.26. The van der Waals surface area contributed by atoms with Crippen LogP contribution < -0.4 is 21.3 Å². The van der Waals surface area contributed by atoms with Crippen LogP contribution >= 0.6 is 11.8 Å². The highest BCUT2D eigenvalue weighted by Gasteiger charge is 2.24. The summed E-state index contributed by atoms with van der Waals surface area (Å²) >= 11 is 1.05. The van der Waals surface area contributed by atoms with Crippen molar-refractivity contribution in [2.24, 2.45) is 0 Å². The van der Waals surface area contributed by atoms with E-state index < -0.39 is 20.8 Å². The van der Waals surface area contributed by atoms with Crippen molar-refractivity contribution in [3.05, 3.63) is 76.6 Å². The summed E-state index contributed by atoms with van der Waals surface area (Å²) < 4.78 is 26.5. The van der Waals surface area contributed by atoms with E-state index in [2.05, 4.69) is 20.0 Å². The molecule has 0 radical (unpaired) electrons. The Morgan fingerprint density at radius 2 is 1.84 bits per heavy atom. The van der Waals surface area contributed by atoms with E-state index in [9.17, 15) is 18.0 Å². The Labute approximate surface area is 183 Å². The highest BCUT2D eigenvalue weighted by molar-refractivity contribution is 8.00. The summed E-state index contributed by atoms with van der Waals surface area (Å²) in [7, 11) is -3.58. The lowest BCUT2D eigenvalue weighted by molar-refractivity contribution is -0.115. The first-order valence-electron chi connectivity index (χ1n) is 9.27. The van der Waals surface area contributed by atoms with Crippen molar-refractivity contribution >= 4 is 39.2 Å². The second-order valence-electron chi connectivity index (χ2n) is 6.40. The minimum absolute atomic E-state index is 0.0518. The number of rotatable bonds is 8. The van der Waals surface area contributed by atoms with E-state index in [1.807, 2.05) is 6.07 Å². The molecule has 0 aliphatic carbocycles. The third-order valence-electron chi connectivity index (χ3n) is 4.08. The van der Waals surface area contributed by atoms with E-state index in [4.69, 9.17) is 5.73 Å². The maximum absolute atomic E-state index is 13.1. The fourth-order valence-electron chi connectivity index (χ4n) is 2.72. The maximum Gasteiger partial charge on any atom is 0.253 e. The standard InChI is InChI=1S/C20H21N5O4S2/c1-2-22-31(28,29)15-10-8-14(9-11-15)23-19(27)18(13-6-4-3-5-7-13)30-20-24-16(21)12-17(26)25-20/h3-12,18,22H,2H2,1H3,(H,23,27)(H3,21,24,25,26). The number of benzene rings is 2. The van der Waals surface area contributed by atoms with E-state index in [1.54, 1.807) is 31.2 Å². The molecular weight excluding hydrogens is 438 g/mol. The van der Waals surface area contributed by atoms with Crippen LogP contribution in [0.5, 0.6) is 0 Å². The second kappa shape index (κ2) is 9.77. The van der Waals surface area contributed by atoms with Gasteiger partial charge in [0, 0.05) is 18.3 Å². The van der Waals surface area contributed by atoms with E-state index >= 15 is 0 Å². The monoisotopic (exact) mass is 459 g/mol. The summed E-state index contributed by atoms with van der Waals surface area (Å²) in [5.41, 5.74) is 6.35. The molecule has 1 amide bonds. The predicted octanol–water partition coefficient (Wildman–Crippen LogP) is 2.12. The number of aromatic nitrogens is 2. The quantitative estimate of drug-likeness (QED) is 0.298. The summed E-state index contributed by atoms with van der Waals surface area (Å²) in [6.45, 7) is 1.97. The number of hydrogen-bond acceptors (Lipinski definition) is 7. The zero-order chi connectivity index (χ0) is 22.4. The minimum Gasteiger partial charge on any atom is -0.383 e. The largest absolute Gasteiger partial charge is 0.383 e. The fraction of sp³-hybridized carbons (Fsp3) is 0.150. The summed E-state index contributed by atoms with van der Waals surface area (Å²) in [5, 5.41) is 2.24. The molecule has 1 aromatic heterocycles. The van der Waals surface area contributed by atoms with Crippen molar-refractivity contribution in [3.8, 4) is 0 Å². The molecular formula is C20H21N5O4S2. The molecule has 31 heavy (non-hydrogen) atoms. The first-order chi connectivity index (χ1) is 14.8. The van der Waals surface area contributed by atoms with Crippen molar-refractivity contribution in [2.45, 2.75) is 22.2 Å². The lowest BCUT2D eigenvalue weighted by Gasteiger charge is -2.17. The van der Waals surface area contributed by atoms with Crippen molar-refractivity contribution in [3.63, 3.8) is 0 Å². The normalized spacial score (nSPS) is 12.3. The van der Waals surface area contributed by atoms with E-state index in [0.717, 1.165) is 17.8 Å². The number of aromatic amines is 1. The number of sulfonamides is 1. The van der Waals surface area contributed by atoms with Crippen molar-refractivity contribution < 1.29 is 13.2 Å². The zero-order valence-corrected chi connectivity index (χ0v) is 18.2. The topological polar surface area (TPSA) is 147 Å². The smallest absolute Gasteiger partial charge is 0.253 e. The number of carbonyl (C=O) groups is 1. The number of amides is 1. The third-order valence-corrected chi connectivity index (χ3v) is 6.78. The van der Waals surface area contributed by atoms with Gasteiger partial charge in [-0.3, -0.25) is 9.59 Å². The van der Waals surface area contributed by atoms with Gasteiger partial charge in [0.1, 0.15) is 11.1 Å². The van der Waals surface area contributed by atoms with Gasteiger partial charge in [-0.25, -0.2) is 18.1 Å². The molecule has 3 rings (SSSR count). The average Bonchev–Trinajstić information content (AvgIpc) is 2.72. The highest BCUT2D eigenvalue weighted by Crippen LogP contribution is 2.34. The number of carbonyl (C=O) groups excluding carboxylic acids is 1. The predicted molar refractivity (Wildman–Crippen MR) is 120 cm³/mol. The molecule has 0 aliphatic heterocycles. The van der Waals surface area contributed by atoms with Crippen LogP contribution in [0.3, 0.4) is 0 Å². The lowest BCUT2D eigenvalue weighted by atomic mass is 10.1. The Bertz CT molecular complexity index is 1210. The van der Waals surface area contributed by atoms with E-state index in [0.29, 0.717) is 11.3 Å². The van der Waals surface area contributed by atoms with Gasteiger partial charge in [-0.2, -0.15) is 0 Å². The van der Waals surface area contributed by atoms with Gasteiger partial charge in [0.15, 0.2) is 5.16 Å². The van der Waals surface area contributed by atoms with Gasteiger partial charge in [-0.15, -0.1) is 0 Å². The molecule has 0 saturated carbocycles. The summed E-state index contributed by atoms with van der Waals surface area (Å²) in [5.74, 6) is -0.320. The van der Waals surface area contributed by atoms with Crippen LogP contribution in [0.25, 0.3) is 0 Å². The number of nitrogens with two attached hydrogens (primary N) is 1. The number of nitrogens with zero attached hydrogens (tertiary/aromatic N) is 1. The fourth-order valence-corrected chi connectivity index (χ4v) is 4.76. The molecule has 162 valence electrons. The van der Waals surface area contributed by atoms with Crippen LogP contribution in [0.15, 0.2) is 75.5 Å². The Kier molecular flexibility index (Phi) is 7.10. The molecule has 0 bridgehead atoms. The Hall–Kier alpha value is -3.15. The van der Waals surface area contributed by atoms with Gasteiger partial charge in [-0.05, 0) is 29.8 Å². The Morgan fingerprint density at radius 1 is 1.16 bits per heavy atom. The molecule has 0 spiro atoms. The number of thioether (sulfide) groups is 1. The van der Waals surface area contributed by atoms with Crippen LogP contribution in [0, 0.1) is 0 Å². The molecule has 0 saturated heterocycles. The van der Waals surface area contributed by atoms with Crippen molar-refractivity contribution in [2.75, 3.05) is 17.6 Å². The van der Waals surface area contributed by atoms with Gasteiger partial charge in [0.25, 0.3) is 5.56 Å². The van der Waals surface area contributed by atoms with Crippen LogP contribution in [0.4, 0.5) is 11.5 Å². The lowest BCUT2D eigenvalue weighted by Crippen LogP contribution is -2.23. The van der Waals surface area contributed by atoms with Gasteiger partial charge < -0.3 is 16.0 Å². The number of hydrogen-bond donors (Lipinski definition) is 4. The van der Waals surface area contributed by atoms with Crippen molar-refractivity contribution in [1.82, 2.24) is 14.7 Å². The molecule has 11 heteroatoms. The molecule has 5 N–H and O–H groups in total. The third kappa shape index (κ3) is 5.94. The van der Waals surface area contributed by atoms with E-state index in [1.165, 1.54) is 24.3 Å². The van der Waals surface area contributed by atoms with Crippen LogP contribution in [0.2, 0.25) is 0 Å². The van der Waals surface area contributed by atoms with Crippen LogP contribution in [-0.2, 0) is 14.8 Å². The van der Waals surface area contributed by atoms with Crippen molar-refractivity contribution in [1.29, 1.82) is 0 Å². The van der Waals surface area contributed by atoms with Crippen LogP contribution in [-0.4, -0.2) is 30.8 Å². The number of anilines is 2. The minimum atomic E-state index is -3.58. The Balaban J connectivity index is 1.84. The molecule has 1 unspecified atom stereocenters. The van der Waals surface area contributed by atoms with Gasteiger partial charge >= 0.3 is 0 Å². The molecule has 0 aliphatic rings. The van der Waals surface area contributed by atoms with Gasteiger partial charge in [-0.1, -0.05) is 49.0 Å². The first-order valence-corrected chi connectivity index (χ1v) is 11.6.